The number of hydrogen-bond donors (Lipinski definition) is 1. The zero-order chi connectivity index (χ0) is 12.0. The molecule has 2 atom stereocenters. The van der Waals surface area contributed by atoms with E-state index in [-0.39, 0.29) is 0 Å². The van der Waals surface area contributed by atoms with Crippen LogP contribution in [0.3, 0.4) is 0 Å². The Bertz CT molecular complexity index is 295. The van der Waals surface area contributed by atoms with Crippen LogP contribution < -0.4 is 5.32 Å². The lowest BCUT2D eigenvalue weighted by Gasteiger charge is -2.19. The van der Waals surface area contributed by atoms with Crippen LogP contribution in [-0.2, 0) is 13.1 Å². The van der Waals surface area contributed by atoms with E-state index in [1.54, 1.807) is 6.33 Å². The normalized spacial score (nSPS) is 15.0. The number of aryl methyl sites for hydroxylation is 1. The maximum Gasteiger partial charge on any atom is 0.140 e. The number of nitrogens with one attached hydrogen (secondary N) is 1. The first-order chi connectivity index (χ1) is 7.69. The fourth-order valence-corrected chi connectivity index (χ4v) is 1.63. The molecule has 1 N–H and O–H groups in total. The van der Waals surface area contributed by atoms with Gasteiger partial charge in [-0.2, -0.15) is 5.10 Å². The molecule has 2 unspecified atom stereocenters. The molecule has 16 heavy (non-hydrogen) atoms. The van der Waals surface area contributed by atoms with Gasteiger partial charge in [-0.15, -0.1) is 0 Å². The Labute approximate surface area is 98.5 Å². The molecule has 0 bridgehead atoms. The van der Waals surface area contributed by atoms with Crippen LogP contribution in [-0.4, -0.2) is 20.8 Å². The van der Waals surface area contributed by atoms with E-state index in [0.29, 0.717) is 12.0 Å². The topological polar surface area (TPSA) is 42.7 Å². The van der Waals surface area contributed by atoms with E-state index in [1.165, 1.54) is 6.42 Å². The van der Waals surface area contributed by atoms with Crippen LogP contribution >= 0.6 is 0 Å². The average molecular weight is 224 g/mol. The molecule has 0 aliphatic carbocycles. The molecule has 0 aliphatic heterocycles. The molecule has 0 spiro atoms. The Balaban J connectivity index is 2.44. The average Bonchev–Trinajstić information content (AvgIpc) is 2.73. The van der Waals surface area contributed by atoms with Gasteiger partial charge in [0.25, 0.3) is 0 Å². The fraction of sp³-hybridized carbons (Fsp3) is 0.833. The van der Waals surface area contributed by atoms with Crippen molar-refractivity contribution in [2.24, 2.45) is 5.92 Å². The molecule has 1 rings (SSSR count). The highest BCUT2D eigenvalue weighted by molar-refractivity contribution is 4.85. The molecule has 0 aliphatic rings. The van der Waals surface area contributed by atoms with Crippen LogP contribution in [0.5, 0.6) is 0 Å². The molecule has 0 saturated heterocycles. The Hall–Kier alpha value is -0.900. The minimum atomic E-state index is 0.525. The van der Waals surface area contributed by atoms with Crippen molar-refractivity contribution < 1.29 is 0 Å². The van der Waals surface area contributed by atoms with E-state index in [0.717, 1.165) is 25.3 Å². The molecule has 0 saturated carbocycles. The largest absolute Gasteiger partial charge is 0.307 e. The lowest BCUT2D eigenvalue weighted by molar-refractivity contribution is 0.380. The first-order valence-corrected chi connectivity index (χ1v) is 6.29. The second kappa shape index (κ2) is 6.63. The summed E-state index contributed by atoms with van der Waals surface area (Å²) in [5.74, 6) is 1.74. The fourth-order valence-electron chi connectivity index (χ4n) is 1.63. The highest BCUT2D eigenvalue weighted by Gasteiger charge is 2.11. The number of aromatic nitrogens is 3. The Kier molecular flexibility index (Phi) is 5.46. The van der Waals surface area contributed by atoms with Crippen LogP contribution in [0.4, 0.5) is 0 Å². The van der Waals surface area contributed by atoms with E-state index in [9.17, 15) is 0 Å². The van der Waals surface area contributed by atoms with Crippen LogP contribution in [0.25, 0.3) is 0 Å². The molecular formula is C12H24N4. The van der Waals surface area contributed by atoms with Crippen molar-refractivity contribution in [2.75, 3.05) is 0 Å². The summed E-state index contributed by atoms with van der Waals surface area (Å²) in [4.78, 5) is 4.28. The lowest BCUT2D eigenvalue weighted by atomic mass is 10.0. The third-order valence-electron chi connectivity index (χ3n) is 3.21. The van der Waals surface area contributed by atoms with Crippen LogP contribution in [0.2, 0.25) is 0 Å². The molecule has 0 amide bonds. The first kappa shape index (κ1) is 13.2. The first-order valence-electron chi connectivity index (χ1n) is 6.29. The minimum absolute atomic E-state index is 0.525. The molecule has 0 radical (unpaired) electrons. The van der Waals surface area contributed by atoms with Gasteiger partial charge < -0.3 is 5.32 Å². The van der Waals surface area contributed by atoms with Gasteiger partial charge in [0.05, 0.1) is 6.54 Å². The summed E-state index contributed by atoms with van der Waals surface area (Å²) in [7, 11) is 0. The van der Waals surface area contributed by atoms with Gasteiger partial charge in [0.1, 0.15) is 12.2 Å². The van der Waals surface area contributed by atoms with E-state index >= 15 is 0 Å². The van der Waals surface area contributed by atoms with E-state index in [2.05, 4.69) is 43.1 Å². The second-order valence-corrected chi connectivity index (χ2v) is 4.45. The maximum atomic E-state index is 4.28. The molecule has 1 heterocycles. The summed E-state index contributed by atoms with van der Waals surface area (Å²) in [6.45, 7) is 10.6. The molecule has 0 fully saturated rings. The summed E-state index contributed by atoms with van der Waals surface area (Å²) in [6, 6.07) is 0.525. The van der Waals surface area contributed by atoms with Crippen molar-refractivity contribution >= 4 is 0 Å². The predicted octanol–water partition coefficient (Wildman–Crippen LogP) is 2.21. The van der Waals surface area contributed by atoms with Gasteiger partial charge in [0, 0.05) is 12.6 Å². The zero-order valence-corrected chi connectivity index (χ0v) is 10.9. The number of hydrogen-bond acceptors (Lipinski definition) is 3. The number of rotatable bonds is 7. The number of nitrogens with zero attached hydrogens (tertiary/aromatic N) is 3. The molecular weight excluding hydrogens is 200 g/mol. The highest BCUT2D eigenvalue weighted by atomic mass is 15.3. The summed E-state index contributed by atoms with van der Waals surface area (Å²) in [6.07, 6.45) is 3.94. The van der Waals surface area contributed by atoms with Gasteiger partial charge in [-0.25, -0.2) is 9.67 Å². The third kappa shape index (κ3) is 3.59. The van der Waals surface area contributed by atoms with Gasteiger partial charge in [-0.05, 0) is 19.3 Å². The SMILES string of the molecule is CCCn1ncnc1CNC(C)C(C)CC. The molecule has 1 aromatic heterocycles. The van der Waals surface area contributed by atoms with Crippen molar-refractivity contribution in [3.8, 4) is 0 Å². The van der Waals surface area contributed by atoms with E-state index < -0.39 is 0 Å². The van der Waals surface area contributed by atoms with Gasteiger partial charge in [-0.3, -0.25) is 0 Å². The Morgan fingerprint density at radius 3 is 2.75 bits per heavy atom. The van der Waals surface area contributed by atoms with Crippen molar-refractivity contribution in [2.45, 2.75) is 59.7 Å². The van der Waals surface area contributed by atoms with Crippen molar-refractivity contribution in [1.82, 2.24) is 20.1 Å². The van der Waals surface area contributed by atoms with Gasteiger partial charge in [0.2, 0.25) is 0 Å². The third-order valence-corrected chi connectivity index (χ3v) is 3.21. The van der Waals surface area contributed by atoms with Gasteiger partial charge in [0.15, 0.2) is 0 Å². The van der Waals surface area contributed by atoms with E-state index in [4.69, 9.17) is 0 Å². The Morgan fingerprint density at radius 1 is 1.38 bits per heavy atom. The van der Waals surface area contributed by atoms with Crippen molar-refractivity contribution in [3.63, 3.8) is 0 Å². The Morgan fingerprint density at radius 2 is 2.12 bits per heavy atom. The van der Waals surface area contributed by atoms with Crippen molar-refractivity contribution in [3.05, 3.63) is 12.2 Å². The zero-order valence-electron chi connectivity index (χ0n) is 10.9. The molecule has 4 nitrogen and oxygen atoms in total. The standard InChI is InChI=1S/C12H24N4/c1-5-7-16-12(14-9-15-16)8-13-11(4)10(3)6-2/h9-11,13H,5-8H2,1-4H3. The van der Waals surface area contributed by atoms with Crippen molar-refractivity contribution in [1.29, 1.82) is 0 Å². The maximum absolute atomic E-state index is 4.28. The monoisotopic (exact) mass is 224 g/mol. The molecule has 4 heteroatoms. The summed E-state index contributed by atoms with van der Waals surface area (Å²) in [5.41, 5.74) is 0. The van der Waals surface area contributed by atoms with Crippen LogP contribution in [0.15, 0.2) is 6.33 Å². The summed E-state index contributed by atoms with van der Waals surface area (Å²) >= 11 is 0. The molecule has 1 aromatic rings. The molecule has 0 aromatic carbocycles. The minimum Gasteiger partial charge on any atom is -0.307 e. The smallest absolute Gasteiger partial charge is 0.140 e. The van der Waals surface area contributed by atoms with Gasteiger partial charge in [-0.1, -0.05) is 27.2 Å². The lowest BCUT2D eigenvalue weighted by Crippen LogP contribution is -2.32. The summed E-state index contributed by atoms with van der Waals surface area (Å²) < 4.78 is 1.98. The summed E-state index contributed by atoms with van der Waals surface area (Å²) in [5, 5.41) is 7.73. The predicted molar refractivity (Wildman–Crippen MR) is 66.1 cm³/mol. The highest BCUT2D eigenvalue weighted by Crippen LogP contribution is 2.07. The van der Waals surface area contributed by atoms with Crippen LogP contribution in [0.1, 0.15) is 46.4 Å². The van der Waals surface area contributed by atoms with Crippen LogP contribution in [0, 0.1) is 5.92 Å². The second-order valence-electron chi connectivity index (χ2n) is 4.45. The quantitative estimate of drug-likeness (QED) is 0.772. The molecule has 92 valence electrons. The van der Waals surface area contributed by atoms with E-state index in [1.807, 2.05) is 4.68 Å². The van der Waals surface area contributed by atoms with Gasteiger partial charge >= 0.3 is 0 Å².